The van der Waals surface area contributed by atoms with Gasteiger partial charge in [-0.1, -0.05) is 6.07 Å². The lowest BCUT2D eigenvalue weighted by Crippen LogP contribution is -2.47. The van der Waals surface area contributed by atoms with Crippen LogP contribution in [0.5, 0.6) is 0 Å². The Hall–Kier alpha value is -2.89. The number of aromatic nitrogens is 1. The largest absolute Gasteiger partial charge is 0.367 e. The molecule has 0 radical (unpaired) electrons. The first-order chi connectivity index (χ1) is 11.9. The van der Waals surface area contributed by atoms with E-state index in [4.69, 9.17) is 5.26 Å². The van der Waals surface area contributed by atoms with Gasteiger partial charge in [0.2, 0.25) is 11.6 Å². The van der Waals surface area contributed by atoms with Gasteiger partial charge in [0.1, 0.15) is 23.1 Å². The fraction of sp³-hybridized carbons (Fsp3) is 0.250. The van der Waals surface area contributed by atoms with Gasteiger partial charge in [0.25, 0.3) is 11.9 Å². The summed E-state index contributed by atoms with van der Waals surface area (Å²) in [6.07, 6.45) is 0. The van der Waals surface area contributed by atoms with Crippen LogP contribution in [-0.2, 0) is 0 Å². The summed E-state index contributed by atoms with van der Waals surface area (Å²) in [7, 11) is 0. The van der Waals surface area contributed by atoms with Gasteiger partial charge < -0.3 is 9.80 Å². The lowest BCUT2D eigenvalue weighted by Gasteiger charge is -2.37. The van der Waals surface area contributed by atoms with Crippen molar-refractivity contribution >= 4 is 11.4 Å². The molecule has 0 saturated carbocycles. The van der Waals surface area contributed by atoms with Crippen molar-refractivity contribution in [1.29, 1.82) is 5.26 Å². The molecule has 0 unspecified atom stereocenters. The third-order valence-corrected chi connectivity index (χ3v) is 4.01. The number of halogens is 5. The monoisotopic (exact) mass is 354 g/mol. The van der Waals surface area contributed by atoms with E-state index < -0.39 is 35.0 Å². The molecule has 1 aliphatic heterocycles. The van der Waals surface area contributed by atoms with E-state index in [0.717, 1.165) is 11.0 Å². The van der Waals surface area contributed by atoms with Crippen molar-refractivity contribution < 1.29 is 22.0 Å². The number of pyridine rings is 1. The summed E-state index contributed by atoms with van der Waals surface area (Å²) in [5.41, 5.74) is -0.589. The minimum Gasteiger partial charge on any atom is -0.367 e. The number of piperazine rings is 1. The maximum atomic E-state index is 13.8. The van der Waals surface area contributed by atoms with Crippen LogP contribution in [0.1, 0.15) is 5.56 Å². The molecule has 3 rings (SSSR count). The van der Waals surface area contributed by atoms with E-state index in [9.17, 15) is 22.0 Å². The van der Waals surface area contributed by atoms with E-state index in [2.05, 4.69) is 4.98 Å². The summed E-state index contributed by atoms with van der Waals surface area (Å²) in [5.74, 6) is -7.22. The molecular weight excluding hydrogens is 343 g/mol. The van der Waals surface area contributed by atoms with E-state index in [-0.39, 0.29) is 31.7 Å². The zero-order valence-electron chi connectivity index (χ0n) is 12.7. The minimum absolute atomic E-state index is 0.0259. The fourth-order valence-electron chi connectivity index (χ4n) is 2.81. The number of hydrogen-bond donors (Lipinski definition) is 0. The topological polar surface area (TPSA) is 43.2 Å². The van der Waals surface area contributed by atoms with Crippen molar-refractivity contribution in [3.63, 3.8) is 0 Å². The van der Waals surface area contributed by atoms with Crippen molar-refractivity contribution in [3.8, 4) is 6.07 Å². The molecule has 1 aliphatic rings. The SMILES string of the molecule is N#Cc1c(F)cccc1N1CCN(c2c(F)c(F)nc(F)c2F)CC1. The molecule has 1 aromatic heterocycles. The summed E-state index contributed by atoms with van der Waals surface area (Å²) >= 11 is 0. The highest BCUT2D eigenvalue weighted by Gasteiger charge is 2.28. The van der Waals surface area contributed by atoms with Crippen molar-refractivity contribution in [1.82, 2.24) is 4.98 Å². The molecule has 0 amide bonds. The Balaban J connectivity index is 1.85. The summed E-state index contributed by atoms with van der Waals surface area (Å²) in [6.45, 7) is 0.418. The van der Waals surface area contributed by atoms with Crippen molar-refractivity contribution in [2.75, 3.05) is 36.0 Å². The molecule has 25 heavy (non-hydrogen) atoms. The molecule has 1 fully saturated rings. The van der Waals surface area contributed by atoms with Crippen LogP contribution in [0.3, 0.4) is 0 Å². The van der Waals surface area contributed by atoms with E-state index in [1.807, 2.05) is 0 Å². The van der Waals surface area contributed by atoms with Crippen LogP contribution in [-0.4, -0.2) is 31.2 Å². The summed E-state index contributed by atoms with van der Waals surface area (Å²) in [5, 5.41) is 9.08. The van der Waals surface area contributed by atoms with E-state index in [1.54, 1.807) is 17.0 Å². The zero-order chi connectivity index (χ0) is 18.1. The Morgan fingerprint density at radius 2 is 1.44 bits per heavy atom. The molecule has 2 aromatic rings. The minimum atomic E-state index is -1.71. The second-order valence-electron chi connectivity index (χ2n) is 5.39. The van der Waals surface area contributed by atoms with Gasteiger partial charge in [-0.15, -0.1) is 0 Å². The lowest BCUT2D eigenvalue weighted by atomic mass is 10.1. The average molecular weight is 354 g/mol. The van der Waals surface area contributed by atoms with Crippen LogP contribution in [0.4, 0.5) is 33.3 Å². The molecule has 9 heteroatoms. The van der Waals surface area contributed by atoms with Crippen LogP contribution >= 0.6 is 0 Å². The van der Waals surface area contributed by atoms with Crippen LogP contribution in [0.15, 0.2) is 18.2 Å². The molecular formula is C16H11F5N4. The highest BCUT2D eigenvalue weighted by atomic mass is 19.2. The number of nitrogens with zero attached hydrogens (tertiary/aromatic N) is 4. The highest BCUT2D eigenvalue weighted by Crippen LogP contribution is 2.29. The Kier molecular flexibility index (Phi) is 4.44. The van der Waals surface area contributed by atoms with Crippen LogP contribution < -0.4 is 9.80 Å². The Labute approximate surface area is 139 Å². The Morgan fingerprint density at radius 3 is 2.00 bits per heavy atom. The quantitative estimate of drug-likeness (QED) is 0.614. The standard InChI is InChI=1S/C16H11F5N4/c17-10-2-1-3-11(9(10)8-22)24-4-6-25(7-5-24)14-12(18)15(20)23-16(21)13(14)19/h1-3H,4-7H2. The van der Waals surface area contributed by atoms with E-state index in [1.165, 1.54) is 6.07 Å². The van der Waals surface area contributed by atoms with Gasteiger partial charge in [0.15, 0.2) is 0 Å². The van der Waals surface area contributed by atoms with Crippen LogP contribution in [0, 0.1) is 40.7 Å². The normalized spacial score (nSPS) is 14.6. The molecule has 1 saturated heterocycles. The maximum Gasteiger partial charge on any atom is 0.253 e. The average Bonchev–Trinajstić information content (AvgIpc) is 2.61. The molecule has 1 aromatic carbocycles. The van der Waals surface area contributed by atoms with Crippen LogP contribution in [0.2, 0.25) is 0 Å². The van der Waals surface area contributed by atoms with Crippen molar-refractivity contribution in [3.05, 3.63) is 53.1 Å². The first-order valence-electron chi connectivity index (χ1n) is 7.32. The molecule has 0 N–H and O–H groups in total. The second-order valence-corrected chi connectivity index (χ2v) is 5.39. The Morgan fingerprint density at radius 1 is 0.880 bits per heavy atom. The number of hydrogen-bond acceptors (Lipinski definition) is 4. The van der Waals surface area contributed by atoms with E-state index >= 15 is 0 Å². The van der Waals surface area contributed by atoms with Crippen molar-refractivity contribution in [2.45, 2.75) is 0 Å². The smallest absolute Gasteiger partial charge is 0.253 e. The first kappa shape index (κ1) is 17.0. The van der Waals surface area contributed by atoms with Gasteiger partial charge in [-0.25, -0.2) is 4.39 Å². The third-order valence-electron chi connectivity index (χ3n) is 4.01. The molecule has 130 valence electrons. The zero-order valence-corrected chi connectivity index (χ0v) is 12.7. The lowest BCUT2D eigenvalue weighted by molar-refractivity contribution is 0.404. The summed E-state index contributed by atoms with van der Waals surface area (Å²) < 4.78 is 67.9. The predicted octanol–water partition coefficient (Wildman–Crippen LogP) is 2.98. The number of benzene rings is 1. The predicted molar refractivity (Wildman–Crippen MR) is 79.6 cm³/mol. The molecule has 4 nitrogen and oxygen atoms in total. The summed E-state index contributed by atoms with van der Waals surface area (Å²) in [6, 6.07) is 5.95. The third kappa shape index (κ3) is 2.95. The van der Waals surface area contributed by atoms with Gasteiger partial charge in [-0.05, 0) is 12.1 Å². The number of rotatable bonds is 2. The molecule has 2 heterocycles. The molecule has 0 spiro atoms. The van der Waals surface area contributed by atoms with Gasteiger partial charge in [-0.3, -0.25) is 0 Å². The number of nitriles is 1. The molecule has 0 bridgehead atoms. The second kappa shape index (κ2) is 6.55. The van der Waals surface area contributed by atoms with Crippen LogP contribution in [0.25, 0.3) is 0 Å². The fourth-order valence-corrected chi connectivity index (χ4v) is 2.81. The van der Waals surface area contributed by atoms with E-state index in [0.29, 0.717) is 5.69 Å². The Bertz CT molecular complexity index is 830. The maximum absolute atomic E-state index is 13.8. The van der Waals surface area contributed by atoms with Gasteiger partial charge in [0.05, 0.1) is 5.69 Å². The van der Waals surface area contributed by atoms with Gasteiger partial charge in [0, 0.05) is 26.2 Å². The summed E-state index contributed by atoms with van der Waals surface area (Å²) in [4.78, 5) is 5.35. The highest BCUT2D eigenvalue weighted by molar-refractivity contribution is 5.61. The molecule has 0 atom stereocenters. The first-order valence-corrected chi connectivity index (χ1v) is 7.32. The molecule has 0 aliphatic carbocycles. The van der Waals surface area contributed by atoms with Crippen molar-refractivity contribution in [2.24, 2.45) is 0 Å². The number of anilines is 2. The van der Waals surface area contributed by atoms with Gasteiger partial charge in [-0.2, -0.15) is 27.8 Å². The van der Waals surface area contributed by atoms with Gasteiger partial charge >= 0.3 is 0 Å².